The van der Waals surface area contributed by atoms with Crippen molar-refractivity contribution >= 4 is 5.91 Å². The number of rotatable bonds is 7. The number of fused-ring (bicyclic) bond motifs is 1. The van der Waals surface area contributed by atoms with Crippen LogP contribution in [-0.2, 0) is 24.1 Å². The zero-order chi connectivity index (χ0) is 18.4. The van der Waals surface area contributed by atoms with Crippen molar-refractivity contribution in [2.75, 3.05) is 6.61 Å². The quantitative estimate of drug-likeness (QED) is 0.780. The second-order valence-corrected chi connectivity index (χ2v) is 7.05. The second kappa shape index (κ2) is 8.88. The Morgan fingerprint density at radius 2 is 1.77 bits per heavy atom. The molecule has 0 unspecified atom stereocenters. The molecule has 0 heterocycles. The maximum Gasteiger partial charge on any atom is 0.258 e. The highest BCUT2D eigenvalue weighted by Crippen LogP contribution is 2.26. The Balaban J connectivity index is 1.57. The molecule has 2 aromatic carbocycles. The van der Waals surface area contributed by atoms with Crippen molar-refractivity contribution in [3.8, 4) is 5.75 Å². The summed E-state index contributed by atoms with van der Waals surface area (Å²) in [4.78, 5) is 12.3. The predicted molar refractivity (Wildman–Crippen MR) is 106 cm³/mol. The third kappa shape index (κ3) is 4.66. The molecule has 0 bridgehead atoms. The van der Waals surface area contributed by atoms with Crippen molar-refractivity contribution in [3.63, 3.8) is 0 Å². The van der Waals surface area contributed by atoms with Crippen LogP contribution < -0.4 is 10.1 Å². The third-order valence-electron chi connectivity index (χ3n) is 5.22. The summed E-state index contributed by atoms with van der Waals surface area (Å²) in [6.45, 7) is 4.27. The van der Waals surface area contributed by atoms with Gasteiger partial charge in [0.2, 0.25) is 0 Å². The molecule has 0 radical (unpaired) electrons. The van der Waals surface area contributed by atoms with Gasteiger partial charge in [-0.1, -0.05) is 44.2 Å². The smallest absolute Gasteiger partial charge is 0.258 e. The number of carbonyl (C=O) groups excluding carboxylic acids is 1. The summed E-state index contributed by atoms with van der Waals surface area (Å²) in [6.07, 6.45) is 6.77. The van der Waals surface area contributed by atoms with E-state index in [0.717, 1.165) is 25.0 Å². The van der Waals surface area contributed by atoms with E-state index in [2.05, 4.69) is 37.4 Å². The molecule has 1 aliphatic carbocycles. The number of aryl methyl sites for hydroxylation is 3. The zero-order valence-electron chi connectivity index (χ0n) is 15.9. The van der Waals surface area contributed by atoms with E-state index < -0.39 is 0 Å². The summed E-state index contributed by atoms with van der Waals surface area (Å²) >= 11 is 0. The average molecular weight is 351 g/mol. The molecule has 3 heteroatoms. The Bertz CT molecular complexity index is 736. The highest BCUT2D eigenvalue weighted by molar-refractivity contribution is 5.78. The lowest BCUT2D eigenvalue weighted by atomic mass is 9.89. The summed E-state index contributed by atoms with van der Waals surface area (Å²) in [5.74, 6) is 0.660. The van der Waals surface area contributed by atoms with Crippen molar-refractivity contribution in [1.82, 2.24) is 5.32 Å². The lowest BCUT2D eigenvalue weighted by Crippen LogP contribution is -2.32. The maximum atomic E-state index is 12.3. The van der Waals surface area contributed by atoms with Gasteiger partial charge < -0.3 is 10.1 Å². The molecular formula is C23H29NO2. The topological polar surface area (TPSA) is 38.3 Å². The van der Waals surface area contributed by atoms with Crippen molar-refractivity contribution in [2.24, 2.45) is 0 Å². The first-order chi connectivity index (χ1) is 12.7. The van der Waals surface area contributed by atoms with Gasteiger partial charge in [0.05, 0.1) is 6.04 Å². The maximum absolute atomic E-state index is 12.3. The first-order valence-corrected chi connectivity index (χ1v) is 9.82. The Hall–Kier alpha value is -2.29. The highest BCUT2D eigenvalue weighted by Gasteiger charge is 2.16. The number of nitrogens with one attached hydrogen (secondary N) is 1. The molecule has 1 N–H and O–H groups in total. The Kier molecular flexibility index (Phi) is 6.32. The van der Waals surface area contributed by atoms with Crippen LogP contribution in [-0.4, -0.2) is 12.5 Å². The van der Waals surface area contributed by atoms with Crippen molar-refractivity contribution < 1.29 is 9.53 Å². The molecule has 0 saturated heterocycles. The van der Waals surface area contributed by atoms with Gasteiger partial charge in [-0.25, -0.2) is 0 Å². The van der Waals surface area contributed by atoms with Gasteiger partial charge in [0.15, 0.2) is 6.61 Å². The summed E-state index contributed by atoms with van der Waals surface area (Å²) in [7, 11) is 0. The van der Waals surface area contributed by atoms with Gasteiger partial charge in [0.25, 0.3) is 5.91 Å². The van der Waals surface area contributed by atoms with Gasteiger partial charge >= 0.3 is 0 Å². The fraction of sp³-hybridized carbons (Fsp3) is 0.435. The molecule has 0 saturated carbocycles. The Morgan fingerprint density at radius 3 is 2.46 bits per heavy atom. The number of carbonyl (C=O) groups is 1. The predicted octanol–water partition coefficient (Wildman–Crippen LogP) is 4.77. The SMILES string of the molecule is CCc1ccc(OCC(=O)N[C@H](CC)c2ccc3c(c2)CCCC3)cc1. The molecule has 0 spiro atoms. The average Bonchev–Trinajstić information content (AvgIpc) is 2.70. The van der Waals surface area contributed by atoms with E-state index in [1.54, 1.807) is 0 Å². The number of hydrogen-bond donors (Lipinski definition) is 1. The van der Waals surface area contributed by atoms with Crippen LogP contribution in [0.25, 0.3) is 0 Å². The lowest BCUT2D eigenvalue weighted by molar-refractivity contribution is -0.123. The summed E-state index contributed by atoms with van der Waals surface area (Å²) in [5.41, 5.74) is 5.39. The van der Waals surface area contributed by atoms with E-state index >= 15 is 0 Å². The number of ether oxygens (including phenoxy) is 1. The third-order valence-corrected chi connectivity index (χ3v) is 5.22. The number of amides is 1. The molecule has 1 aliphatic rings. The lowest BCUT2D eigenvalue weighted by Gasteiger charge is -2.21. The van der Waals surface area contributed by atoms with E-state index in [9.17, 15) is 4.79 Å². The minimum atomic E-state index is -0.0749. The normalized spacial score (nSPS) is 14.4. The minimum Gasteiger partial charge on any atom is -0.484 e. The van der Waals surface area contributed by atoms with Crippen molar-refractivity contribution in [1.29, 1.82) is 0 Å². The summed E-state index contributed by atoms with van der Waals surface area (Å²) in [6, 6.07) is 14.7. The standard InChI is InChI=1S/C23H29NO2/c1-3-17-9-13-21(14-10-17)26-16-23(25)24-22(4-2)20-12-11-18-7-5-6-8-19(18)15-20/h9-15,22H,3-8,16H2,1-2H3,(H,24,25)/t22-/m1/s1. The first kappa shape index (κ1) is 18.5. The van der Waals surface area contributed by atoms with E-state index in [-0.39, 0.29) is 18.6 Å². The Labute approximate surface area is 156 Å². The summed E-state index contributed by atoms with van der Waals surface area (Å²) in [5, 5.41) is 3.12. The monoisotopic (exact) mass is 351 g/mol. The van der Waals surface area contributed by atoms with E-state index in [1.165, 1.54) is 41.5 Å². The molecule has 138 valence electrons. The van der Waals surface area contributed by atoms with Gasteiger partial charge in [0, 0.05) is 0 Å². The van der Waals surface area contributed by atoms with Crippen LogP contribution in [0.3, 0.4) is 0 Å². The van der Waals surface area contributed by atoms with Crippen LogP contribution >= 0.6 is 0 Å². The van der Waals surface area contributed by atoms with Crippen LogP contribution in [0, 0.1) is 0 Å². The van der Waals surface area contributed by atoms with Crippen molar-refractivity contribution in [3.05, 3.63) is 64.7 Å². The number of hydrogen-bond acceptors (Lipinski definition) is 2. The molecule has 0 aliphatic heterocycles. The largest absolute Gasteiger partial charge is 0.484 e. The number of benzene rings is 2. The van der Waals surface area contributed by atoms with Crippen LogP contribution in [0.1, 0.15) is 61.4 Å². The second-order valence-electron chi connectivity index (χ2n) is 7.05. The molecule has 0 aromatic heterocycles. The van der Waals surface area contributed by atoms with Gasteiger partial charge in [0.1, 0.15) is 5.75 Å². The van der Waals surface area contributed by atoms with E-state index in [1.807, 2.05) is 24.3 Å². The molecule has 0 fully saturated rings. The fourth-order valence-corrected chi connectivity index (χ4v) is 3.60. The van der Waals surface area contributed by atoms with Gasteiger partial charge in [-0.15, -0.1) is 0 Å². The van der Waals surface area contributed by atoms with Gasteiger partial charge in [-0.2, -0.15) is 0 Å². The van der Waals surface area contributed by atoms with Crippen molar-refractivity contribution in [2.45, 2.75) is 58.4 Å². The molecule has 26 heavy (non-hydrogen) atoms. The van der Waals surface area contributed by atoms with E-state index in [0.29, 0.717) is 0 Å². The molecule has 2 aromatic rings. The first-order valence-electron chi connectivity index (χ1n) is 9.82. The molecular weight excluding hydrogens is 322 g/mol. The molecule has 1 amide bonds. The van der Waals surface area contributed by atoms with Crippen LogP contribution in [0.15, 0.2) is 42.5 Å². The van der Waals surface area contributed by atoms with Crippen LogP contribution in [0.2, 0.25) is 0 Å². The fourth-order valence-electron chi connectivity index (χ4n) is 3.60. The molecule has 3 rings (SSSR count). The summed E-state index contributed by atoms with van der Waals surface area (Å²) < 4.78 is 5.63. The van der Waals surface area contributed by atoms with E-state index in [4.69, 9.17) is 4.74 Å². The Morgan fingerprint density at radius 1 is 1.04 bits per heavy atom. The zero-order valence-corrected chi connectivity index (χ0v) is 15.9. The highest BCUT2D eigenvalue weighted by atomic mass is 16.5. The van der Waals surface area contributed by atoms with Gasteiger partial charge in [-0.3, -0.25) is 4.79 Å². The van der Waals surface area contributed by atoms with Crippen LogP contribution in [0.5, 0.6) is 5.75 Å². The van der Waals surface area contributed by atoms with Gasteiger partial charge in [-0.05, 0) is 72.9 Å². The van der Waals surface area contributed by atoms with Crippen LogP contribution in [0.4, 0.5) is 0 Å². The molecule has 1 atom stereocenters. The minimum absolute atomic E-state index is 0.0424. The molecule has 3 nitrogen and oxygen atoms in total.